The van der Waals surface area contributed by atoms with Crippen LogP contribution in [0.15, 0.2) is 18.2 Å². The van der Waals surface area contributed by atoms with Crippen LogP contribution in [0, 0.1) is 12.8 Å². The highest BCUT2D eigenvalue weighted by Crippen LogP contribution is 2.27. The molecule has 0 aliphatic carbocycles. The van der Waals surface area contributed by atoms with Gasteiger partial charge in [-0.05, 0) is 24.5 Å². The summed E-state index contributed by atoms with van der Waals surface area (Å²) >= 11 is 5.65. The average molecular weight is 282 g/mol. The van der Waals surface area contributed by atoms with Crippen molar-refractivity contribution in [2.45, 2.75) is 34.1 Å². The number of rotatable bonds is 4. The number of imide groups is 1. The van der Waals surface area contributed by atoms with Gasteiger partial charge in [0.1, 0.15) is 5.88 Å². The first-order chi connectivity index (χ1) is 8.93. The molecule has 104 valence electrons. The van der Waals surface area contributed by atoms with Crippen LogP contribution >= 0.6 is 11.6 Å². The van der Waals surface area contributed by atoms with Crippen molar-refractivity contribution in [3.8, 4) is 0 Å². The monoisotopic (exact) mass is 281 g/mol. The van der Waals surface area contributed by atoms with Gasteiger partial charge in [0.25, 0.3) is 0 Å². The Hall–Kier alpha value is -1.35. The molecule has 3 nitrogen and oxygen atoms in total. The van der Waals surface area contributed by atoms with E-state index in [2.05, 4.69) is 0 Å². The molecule has 2 amide bonds. The number of carbonyl (C=O) groups is 2. The van der Waals surface area contributed by atoms with E-state index in [1.54, 1.807) is 13.8 Å². The lowest BCUT2D eigenvalue weighted by atomic mass is 10.0. The molecule has 0 aromatic heterocycles. The van der Waals surface area contributed by atoms with Gasteiger partial charge < -0.3 is 0 Å². The van der Waals surface area contributed by atoms with Crippen molar-refractivity contribution in [1.82, 2.24) is 0 Å². The zero-order valence-corrected chi connectivity index (χ0v) is 12.6. The zero-order valence-electron chi connectivity index (χ0n) is 11.9. The summed E-state index contributed by atoms with van der Waals surface area (Å²) < 4.78 is 0. The van der Waals surface area contributed by atoms with Gasteiger partial charge in [0.15, 0.2) is 0 Å². The molecule has 0 unspecified atom stereocenters. The highest BCUT2D eigenvalue weighted by Gasteiger charge is 2.27. The summed E-state index contributed by atoms with van der Waals surface area (Å²) in [4.78, 5) is 25.6. The normalized spacial score (nSPS) is 10.6. The molecule has 0 fully saturated rings. The standard InChI is InChI=1S/C15H20ClNO2/c1-5-12-8-6-7-11(4)14(12)17(13(18)9-16)15(19)10(2)3/h6-8,10H,5,9H2,1-4H3. The predicted molar refractivity (Wildman–Crippen MR) is 78.6 cm³/mol. The van der Waals surface area contributed by atoms with E-state index in [-0.39, 0.29) is 23.6 Å². The minimum Gasteiger partial charge on any atom is -0.274 e. The third-order valence-corrected chi connectivity index (χ3v) is 3.23. The molecule has 0 bridgehead atoms. The average Bonchev–Trinajstić information content (AvgIpc) is 2.39. The van der Waals surface area contributed by atoms with E-state index >= 15 is 0 Å². The second kappa shape index (κ2) is 6.71. The number of amides is 2. The Morgan fingerprint density at radius 1 is 1.32 bits per heavy atom. The summed E-state index contributed by atoms with van der Waals surface area (Å²) in [6, 6.07) is 5.77. The van der Waals surface area contributed by atoms with Gasteiger partial charge in [-0.15, -0.1) is 11.6 Å². The lowest BCUT2D eigenvalue weighted by molar-refractivity contribution is -0.127. The molecule has 0 atom stereocenters. The van der Waals surface area contributed by atoms with Crippen molar-refractivity contribution < 1.29 is 9.59 Å². The van der Waals surface area contributed by atoms with Crippen LogP contribution in [-0.2, 0) is 16.0 Å². The second-order valence-corrected chi connectivity index (χ2v) is 5.06. The molecule has 0 saturated carbocycles. The van der Waals surface area contributed by atoms with E-state index in [4.69, 9.17) is 11.6 Å². The van der Waals surface area contributed by atoms with Crippen LogP contribution in [0.5, 0.6) is 0 Å². The summed E-state index contributed by atoms with van der Waals surface area (Å²) in [5.74, 6) is -1.04. The van der Waals surface area contributed by atoms with Crippen LogP contribution < -0.4 is 4.90 Å². The van der Waals surface area contributed by atoms with E-state index < -0.39 is 0 Å². The van der Waals surface area contributed by atoms with E-state index in [1.165, 1.54) is 4.90 Å². The maximum atomic E-state index is 12.3. The molecule has 1 rings (SSSR count). The summed E-state index contributed by atoms with van der Waals surface area (Å²) in [5.41, 5.74) is 2.58. The molecule has 0 radical (unpaired) electrons. The topological polar surface area (TPSA) is 37.4 Å². The first-order valence-corrected chi connectivity index (χ1v) is 6.98. The number of benzene rings is 1. The van der Waals surface area contributed by atoms with Gasteiger partial charge in [0, 0.05) is 5.92 Å². The zero-order chi connectivity index (χ0) is 14.6. The maximum absolute atomic E-state index is 12.3. The van der Waals surface area contributed by atoms with E-state index in [1.807, 2.05) is 32.0 Å². The third kappa shape index (κ3) is 3.35. The minimum absolute atomic E-state index is 0.198. The molecule has 0 aliphatic heterocycles. The Balaban J connectivity index is 3.41. The molecule has 0 spiro atoms. The van der Waals surface area contributed by atoms with Crippen LogP contribution in [0.25, 0.3) is 0 Å². The highest BCUT2D eigenvalue weighted by atomic mass is 35.5. The van der Waals surface area contributed by atoms with Crippen LogP contribution in [0.4, 0.5) is 5.69 Å². The second-order valence-electron chi connectivity index (χ2n) is 4.79. The number of anilines is 1. The molecule has 0 heterocycles. The number of nitrogens with zero attached hydrogens (tertiary/aromatic N) is 1. The van der Waals surface area contributed by atoms with Gasteiger partial charge >= 0.3 is 0 Å². The third-order valence-electron chi connectivity index (χ3n) is 3.00. The largest absolute Gasteiger partial charge is 0.274 e. The summed E-state index contributed by atoms with van der Waals surface area (Å²) in [6.45, 7) is 7.46. The summed E-state index contributed by atoms with van der Waals surface area (Å²) in [7, 11) is 0. The number of para-hydroxylation sites is 1. The Kier molecular flexibility index (Phi) is 5.55. The molecular weight excluding hydrogens is 262 g/mol. The number of carbonyl (C=O) groups excluding carboxylic acids is 2. The molecule has 19 heavy (non-hydrogen) atoms. The van der Waals surface area contributed by atoms with Crippen LogP contribution in [0.1, 0.15) is 31.9 Å². The molecule has 4 heteroatoms. The number of aryl methyl sites for hydroxylation is 2. The van der Waals surface area contributed by atoms with Crippen molar-refractivity contribution in [1.29, 1.82) is 0 Å². The summed E-state index contributed by atoms with van der Waals surface area (Å²) in [5, 5.41) is 0. The smallest absolute Gasteiger partial charge is 0.248 e. The number of hydrogen-bond donors (Lipinski definition) is 0. The number of hydrogen-bond acceptors (Lipinski definition) is 2. The van der Waals surface area contributed by atoms with Gasteiger partial charge in [-0.1, -0.05) is 39.0 Å². The predicted octanol–water partition coefficient (Wildman–Crippen LogP) is 3.31. The fourth-order valence-corrected chi connectivity index (χ4v) is 2.12. The van der Waals surface area contributed by atoms with Gasteiger partial charge in [-0.3, -0.25) is 9.59 Å². The number of alkyl halides is 1. The van der Waals surface area contributed by atoms with E-state index in [9.17, 15) is 9.59 Å². The van der Waals surface area contributed by atoms with Gasteiger partial charge in [-0.25, -0.2) is 4.90 Å². The maximum Gasteiger partial charge on any atom is 0.248 e. The highest BCUT2D eigenvalue weighted by molar-refractivity contribution is 6.33. The summed E-state index contributed by atoms with van der Waals surface area (Å²) in [6.07, 6.45) is 0.758. The molecule has 1 aromatic carbocycles. The quantitative estimate of drug-likeness (QED) is 0.794. The Bertz CT molecular complexity index is 483. The first kappa shape index (κ1) is 15.7. The van der Waals surface area contributed by atoms with Crippen LogP contribution in [-0.4, -0.2) is 17.7 Å². The fourth-order valence-electron chi connectivity index (χ4n) is 2.00. The Morgan fingerprint density at radius 3 is 2.42 bits per heavy atom. The number of halogens is 1. The molecule has 1 aromatic rings. The Labute approximate surface area is 119 Å². The molecule has 0 aliphatic rings. The minimum atomic E-state index is -0.371. The fraction of sp³-hybridized carbons (Fsp3) is 0.467. The van der Waals surface area contributed by atoms with Crippen LogP contribution in [0.2, 0.25) is 0 Å². The van der Waals surface area contributed by atoms with Gasteiger partial charge in [-0.2, -0.15) is 0 Å². The van der Waals surface area contributed by atoms with E-state index in [0.717, 1.165) is 17.5 Å². The molecule has 0 N–H and O–H groups in total. The van der Waals surface area contributed by atoms with Crippen molar-refractivity contribution in [3.05, 3.63) is 29.3 Å². The van der Waals surface area contributed by atoms with Crippen molar-refractivity contribution in [2.75, 3.05) is 10.8 Å². The van der Waals surface area contributed by atoms with Crippen LogP contribution in [0.3, 0.4) is 0 Å². The lowest BCUT2D eigenvalue weighted by Crippen LogP contribution is -2.41. The first-order valence-electron chi connectivity index (χ1n) is 6.45. The molecular formula is C15H20ClNO2. The SMILES string of the molecule is CCc1cccc(C)c1N(C(=O)CCl)C(=O)C(C)C. The van der Waals surface area contributed by atoms with Crippen molar-refractivity contribution >= 4 is 29.1 Å². The molecule has 0 saturated heterocycles. The lowest BCUT2D eigenvalue weighted by Gasteiger charge is -2.26. The van der Waals surface area contributed by atoms with Crippen molar-refractivity contribution in [3.63, 3.8) is 0 Å². The Morgan fingerprint density at radius 2 is 1.95 bits per heavy atom. The van der Waals surface area contributed by atoms with Crippen molar-refractivity contribution in [2.24, 2.45) is 5.92 Å². The van der Waals surface area contributed by atoms with E-state index in [0.29, 0.717) is 5.69 Å². The van der Waals surface area contributed by atoms with Gasteiger partial charge in [0.2, 0.25) is 11.8 Å². The van der Waals surface area contributed by atoms with Gasteiger partial charge in [0.05, 0.1) is 5.69 Å².